The molecule has 0 radical (unpaired) electrons. The predicted octanol–water partition coefficient (Wildman–Crippen LogP) is 0.627. The number of rotatable bonds is 5. The van der Waals surface area contributed by atoms with E-state index in [2.05, 4.69) is 4.90 Å². The Morgan fingerprint density at radius 1 is 1.58 bits per heavy atom. The monoisotopic (exact) mass is 268 g/mol. The van der Waals surface area contributed by atoms with Crippen LogP contribution < -0.4 is 5.56 Å². The van der Waals surface area contributed by atoms with Crippen LogP contribution in [0.4, 0.5) is 0 Å². The average Bonchev–Trinajstić information content (AvgIpc) is 2.93. The summed E-state index contributed by atoms with van der Waals surface area (Å²) in [5.41, 5.74) is -0.409. The van der Waals surface area contributed by atoms with Crippen molar-refractivity contribution in [1.29, 1.82) is 0 Å². The number of aryl methyl sites for hydroxylation is 1. The third kappa shape index (κ3) is 3.33. The van der Waals surface area contributed by atoms with Crippen LogP contribution in [-0.2, 0) is 0 Å². The van der Waals surface area contributed by atoms with E-state index in [1.807, 2.05) is 0 Å². The molecule has 0 saturated carbocycles. The van der Waals surface area contributed by atoms with Crippen LogP contribution in [-0.4, -0.2) is 46.4 Å². The molecule has 2 heterocycles. The van der Waals surface area contributed by atoms with Crippen LogP contribution >= 0.6 is 0 Å². The summed E-state index contributed by atoms with van der Waals surface area (Å²) in [4.78, 5) is 25.6. The molecule has 1 aliphatic heterocycles. The summed E-state index contributed by atoms with van der Waals surface area (Å²) in [6.07, 6.45) is 3.72. The van der Waals surface area contributed by atoms with Crippen LogP contribution in [0.25, 0.3) is 0 Å². The number of carbonyl (C=O) groups is 1. The summed E-state index contributed by atoms with van der Waals surface area (Å²) >= 11 is 0. The van der Waals surface area contributed by atoms with Crippen molar-refractivity contribution in [2.24, 2.45) is 0 Å². The zero-order valence-corrected chi connectivity index (χ0v) is 11.2. The number of aliphatic hydroxyl groups excluding tert-OH is 1. The molecule has 0 spiro atoms. The third-order valence-electron chi connectivity index (χ3n) is 3.52. The van der Waals surface area contributed by atoms with Gasteiger partial charge in [0.25, 0.3) is 11.5 Å². The molecule has 6 nitrogen and oxygen atoms in total. The minimum Gasteiger partial charge on any atom is -0.396 e. The van der Waals surface area contributed by atoms with Crippen molar-refractivity contribution in [2.45, 2.75) is 38.6 Å². The summed E-state index contributed by atoms with van der Waals surface area (Å²) in [5, 5.41) is 8.87. The molecule has 0 amide bonds. The lowest BCUT2D eigenvalue weighted by atomic mass is 10.1. The Labute approximate surface area is 111 Å². The van der Waals surface area contributed by atoms with E-state index < -0.39 is 5.56 Å². The lowest BCUT2D eigenvalue weighted by molar-refractivity contribution is 0.0700. The molecule has 0 aliphatic carbocycles. The van der Waals surface area contributed by atoms with Gasteiger partial charge in [0, 0.05) is 18.7 Å². The van der Waals surface area contributed by atoms with Crippen molar-refractivity contribution in [3.63, 3.8) is 0 Å². The second kappa shape index (κ2) is 6.16. The maximum atomic E-state index is 12.0. The fourth-order valence-corrected chi connectivity index (χ4v) is 2.62. The second-order valence-corrected chi connectivity index (χ2v) is 5.00. The van der Waals surface area contributed by atoms with Gasteiger partial charge in [0.05, 0.1) is 6.54 Å². The molecular formula is C13H20N2O4. The fraction of sp³-hybridized carbons (Fsp3) is 0.692. The van der Waals surface area contributed by atoms with Gasteiger partial charge >= 0.3 is 0 Å². The topological polar surface area (TPSA) is 75.7 Å². The third-order valence-corrected chi connectivity index (χ3v) is 3.52. The van der Waals surface area contributed by atoms with Crippen LogP contribution in [0.2, 0.25) is 0 Å². The van der Waals surface area contributed by atoms with Gasteiger partial charge in [-0.05, 0) is 39.2 Å². The number of hydrogen-bond acceptors (Lipinski definition) is 5. The molecular weight excluding hydrogens is 248 g/mol. The maximum Gasteiger partial charge on any atom is 0.290 e. The molecule has 0 bridgehead atoms. The number of carbonyl (C=O) groups excluding carboxylic acids is 1. The van der Waals surface area contributed by atoms with Crippen molar-refractivity contribution < 1.29 is 14.4 Å². The van der Waals surface area contributed by atoms with Crippen molar-refractivity contribution in [2.75, 3.05) is 19.7 Å². The lowest BCUT2D eigenvalue weighted by Gasteiger charge is -2.22. The molecule has 1 aromatic rings. The van der Waals surface area contributed by atoms with Crippen LogP contribution in [0.3, 0.4) is 0 Å². The minimum atomic E-state index is -0.409. The van der Waals surface area contributed by atoms with E-state index in [-0.39, 0.29) is 19.1 Å². The molecule has 6 heteroatoms. The number of aliphatic hydroxyl groups is 1. The molecule has 1 aliphatic rings. The van der Waals surface area contributed by atoms with Crippen molar-refractivity contribution in [3.05, 3.63) is 22.2 Å². The first-order valence-corrected chi connectivity index (χ1v) is 6.70. The summed E-state index contributed by atoms with van der Waals surface area (Å²) in [7, 11) is 0. The quantitative estimate of drug-likeness (QED) is 0.847. The lowest BCUT2D eigenvalue weighted by Crippen LogP contribution is -2.38. The normalized spacial score (nSPS) is 20.0. The highest BCUT2D eigenvalue weighted by atomic mass is 16.5. The van der Waals surface area contributed by atoms with Gasteiger partial charge in [-0.25, -0.2) is 0 Å². The number of likely N-dealkylation sites (tertiary alicyclic amines) is 1. The Balaban J connectivity index is 1.98. The van der Waals surface area contributed by atoms with Crippen molar-refractivity contribution in [1.82, 2.24) is 9.64 Å². The van der Waals surface area contributed by atoms with Gasteiger partial charge in [0.2, 0.25) is 0 Å². The Morgan fingerprint density at radius 2 is 2.37 bits per heavy atom. The maximum absolute atomic E-state index is 12.0. The van der Waals surface area contributed by atoms with Crippen LogP contribution in [0.5, 0.6) is 0 Å². The Hall–Kier alpha value is -1.40. The van der Waals surface area contributed by atoms with Crippen molar-refractivity contribution >= 4 is 5.91 Å². The zero-order valence-electron chi connectivity index (χ0n) is 11.2. The minimum absolute atomic E-state index is 0.176. The Morgan fingerprint density at radius 3 is 3.00 bits per heavy atom. The molecule has 1 fully saturated rings. The van der Waals surface area contributed by atoms with Gasteiger partial charge in [0.15, 0.2) is 0 Å². The largest absolute Gasteiger partial charge is 0.396 e. The molecule has 1 saturated heterocycles. The SMILES string of the molecule is Cc1cc(=O)n(C(=O)CN2CCCC2CCCO)o1. The highest BCUT2D eigenvalue weighted by molar-refractivity contribution is 5.79. The van der Waals surface area contributed by atoms with E-state index in [0.717, 1.165) is 37.0 Å². The molecule has 1 N–H and O–H groups in total. The highest BCUT2D eigenvalue weighted by Gasteiger charge is 2.27. The smallest absolute Gasteiger partial charge is 0.290 e. The van der Waals surface area contributed by atoms with E-state index in [4.69, 9.17) is 9.63 Å². The number of aromatic nitrogens is 1. The number of nitrogens with zero attached hydrogens (tertiary/aromatic N) is 2. The summed E-state index contributed by atoms with van der Waals surface area (Å²) in [6, 6.07) is 1.63. The first kappa shape index (κ1) is 14.0. The van der Waals surface area contributed by atoms with Gasteiger partial charge in [0.1, 0.15) is 5.76 Å². The zero-order chi connectivity index (χ0) is 13.8. The summed E-state index contributed by atoms with van der Waals surface area (Å²) < 4.78 is 5.92. The molecule has 1 atom stereocenters. The van der Waals surface area contributed by atoms with Crippen LogP contribution in [0.15, 0.2) is 15.4 Å². The van der Waals surface area contributed by atoms with E-state index >= 15 is 0 Å². The van der Waals surface area contributed by atoms with Crippen LogP contribution in [0, 0.1) is 6.92 Å². The van der Waals surface area contributed by atoms with Crippen molar-refractivity contribution in [3.8, 4) is 0 Å². The first-order chi connectivity index (χ1) is 9.11. The first-order valence-electron chi connectivity index (χ1n) is 6.70. The van der Waals surface area contributed by atoms with Gasteiger partial charge in [-0.1, -0.05) is 0 Å². The molecule has 0 aromatic carbocycles. The molecule has 106 valence electrons. The average molecular weight is 268 g/mol. The second-order valence-electron chi connectivity index (χ2n) is 5.00. The van der Waals surface area contributed by atoms with E-state index in [0.29, 0.717) is 11.8 Å². The van der Waals surface area contributed by atoms with E-state index in [1.54, 1.807) is 6.92 Å². The van der Waals surface area contributed by atoms with Crippen LogP contribution in [0.1, 0.15) is 36.2 Å². The van der Waals surface area contributed by atoms with Gasteiger partial charge in [-0.15, -0.1) is 4.74 Å². The summed E-state index contributed by atoms with van der Waals surface area (Å²) in [5.74, 6) is 0.116. The molecule has 1 aromatic heterocycles. The van der Waals surface area contributed by atoms with Gasteiger partial charge < -0.3 is 9.63 Å². The number of hydrogen-bond donors (Lipinski definition) is 1. The highest BCUT2D eigenvalue weighted by Crippen LogP contribution is 2.20. The standard InChI is InChI=1S/C13H20N2O4/c1-10-8-12(17)15(19-10)13(18)9-14-6-2-4-11(14)5-3-7-16/h8,11,16H,2-7,9H2,1H3. The molecule has 1 unspecified atom stereocenters. The Bertz CT molecular complexity index is 491. The molecule has 19 heavy (non-hydrogen) atoms. The predicted molar refractivity (Wildman–Crippen MR) is 69.2 cm³/mol. The van der Waals surface area contributed by atoms with E-state index in [1.165, 1.54) is 6.07 Å². The van der Waals surface area contributed by atoms with E-state index in [9.17, 15) is 9.59 Å². The Kier molecular flexibility index (Phi) is 4.55. The fourth-order valence-electron chi connectivity index (χ4n) is 2.62. The van der Waals surface area contributed by atoms with Gasteiger partial charge in [-0.3, -0.25) is 14.5 Å². The molecule has 2 rings (SSSR count). The summed E-state index contributed by atoms with van der Waals surface area (Å²) in [6.45, 7) is 2.87. The van der Waals surface area contributed by atoms with Gasteiger partial charge in [-0.2, -0.15) is 0 Å².